The van der Waals surface area contributed by atoms with E-state index in [2.05, 4.69) is 30.2 Å². The van der Waals surface area contributed by atoms with Crippen LogP contribution in [0.5, 0.6) is 0 Å². The van der Waals surface area contributed by atoms with Crippen molar-refractivity contribution in [2.24, 2.45) is 11.8 Å². The predicted octanol–water partition coefficient (Wildman–Crippen LogP) is 2.35. The Kier molecular flexibility index (Phi) is 2.26. The van der Waals surface area contributed by atoms with Gasteiger partial charge in [-0.2, -0.15) is 0 Å². The molecule has 0 aliphatic heterocycles. The SMILES string of the molecule is C#CCC(O)C1C2CCc3ccccc3C21. The summed E-state index contributed by atoms with van der Waals surface area (Å²) < 4.78 is 0. The Balaban J connectivity index is 1.85. The van der Waals surface area contributed by atoms with Crippen LogP contribution in [-0.4, -0.2) is 11.2 Å². The van der Waals surface area contributed by atoms with E-state index in [1.165, 1.54) is 17.5 Å². The Bertz CT molecular complexity index is 443. The van der Waals surface area contributed by atoms with Gasteiger partial charge in [0, 0.05) is 6.42 Å². The second kappa shape index (κ2) is 3.64. The van der Waals surface area contributed by atoms with Crippen LogP contribution in [0.4, 0.5) is 0 Å². The van der Waals surface area contributed by atoms with Gasteiger partial charge in [0.2, 0.25) is 0 Å². The minimum absolute atomic E-state index is 0.300. The molecule has 4 atom stereocenters. The molecule has 16 heavy (non-hydrogen) atoms. The predicted molar refractivity (Wildman–Crippen MR) is 63.9 cm³/mol. The quantitative estimate of drug-likeness (QED) is 0.746. The molecule has 4 unspecified atom stereocenters. The van der Waals surface area contributed by atoms with Gasteiger partial charge < -0.3 is 5.11 Å². The van der Waals surface area contributed by atoms with Crippen molar-refractivity contribution >= 4 is 0 Å². The summed E-state index contributed by atoms with van der Waals surface area (Å²) >= 11 is 0. The van der Waals surface area contributed by atoms with Crippen molar-refractivity contribution in [2.75, 3.05) is 0 Å². The standard InChI is InChI=1S/C15H16O/c1-2-5-13(16)15-12-9-8-10-6-3-4-7-11(10)14(12)15/h1,3-4,6-7,12-16H,5,8-9H2. The van der Waals surface area contributed by atoms with Crippen LogP contribution in [0.3, 0.4) is 0 Å². The Morgan fingerprint density at radius 3 is 3.06 bits per heavy atom. The molecule has 0 radical (unpaired) electrons. The highest BCUT2D eigenvalue weighted by atomic mass is 16.3. The molecule has 1 aromatic carbocycles. The summed E-state index contributed by atoms with van der Waals surface area (Å²) in [7, 11) is 0. The molecule has 3 rings (SSSR count). The van der Waals surface area contributed by atoms with Gasteiger partial charge in [-0.05, 0) is 41.7 Å². The van der Waals surface area contributed by atoms with Gasteiger partial charge in [-0.1, -0.05) is 24.3 Å². The topological polar surface area (TPSA) is 20.2 Å². The van der Waals surface area contributed by atoms with Gasteiger partial charge in [0.1, 0.15) is 0 Å². The molecule has 2 aliphatic rings. The molecule has 0 aromatic heterocycles. The minimum Gasteiger partial charge on any atom is -0.392 e. The smallest absolute Gasteiger partial charge is 0.0686 e. The lowest BCUT2D eigenvalue weighted by Crippen LogP contribution is -2.09. The van der Waals surface area contributed by atoms with Crippen LogP contribution in [0.1, 0.15) is 29.9 Å². The van der Waals surface area contributed by atoms with Crippen molar-refractivity contribution in [3.63, 3.8) is 0 Å². The Hall–Kier alpha value is -1.26. The van der Waals surface area contributed by atoms with E-state index in [4.69, 9.17) is 6.42 Å². The molecule has 1 nitrogen and oxygen atoms in total. The molecule has 0 bridgehead atoms. The molecule has 0 saturated heterocycles. The third kappa shape index (κ3) is 1.37. The number of hydrogen-bond acceptors (Lipinski definition) is 1. The second-order valence-electron chi connectivity index (χ2n) is 4.98. The first kappa shape index (κ1) is 9.93. The highest BCUT2D eigenvalue weighted by Gasteiger charge is 2.55. The average molecular weight is 212 g/mol. The van der Waals surface area contributed by atoms with Crippen molar-refractivity contribution < 1.29 is 5.11 Å². The molecule has 0 heterocycles. The van der Waals surface area contributed by atoms with Crippen LogP contribution in [0.2, 0.25) is 0 Å². The molecule has 82 valence electrons. The summed E-state index contributed by atoms with van der Waals surface area (Å²) in [5, 5.41) is 10.0. The van der Waals surface area contributed by atoms with E-state index in [9.17, 15) is 5.11 Å². The maximum atomic E-state index is 10.0. The fourth-order valence-electron chi connectivity index (χ4n) is 3.40. The molecule has 1 aromatic rings. The number of aliphatic hydroxyl groups excluding tert-OH is 1. The number of fused-ring (bicyclic) bond motifs is 3. The molecule has 1 fully saturated rings. The van der Waals surface area contributed by atoms with E-state index in [-0.39, 0.29) is 6.10 Å². The van der Waals surface area contributed by atoms with E-state index >= 15 is 0 Å². The summed E-state index contributed by atoms with van der Waals surface area (Å²) in [4.78, 5) is 0. The zero-order chi connectivity index (χ0) is 11.1. The molecule has 0 amide bonds. The van der Waals surface area contributed by atoms with Gasteiger partial charge in [-0.25, -0.2) is 0 Å². The van der Waals surface area contributed by atoms with Crippen molar-refractivity contribution in [3.8, 4) is 12.3 Å². The zero-order valence-corrected chi connectivity index (χ0v) is 9.26. The lowest BCUT2D eigenvalue weighted by Gasteiger charge is -2.13. The van der Waals surface area contributed by atoms with Crippen molar-refractivity contribution in [3.05, 3.63) is 35.4 Å². The first-order chi connectivity index (χ1) is 7.83. The lowest BCUT2D eigenvalue weighted by atomic mass is 9.92. The molecule has 1 N–H and O–H groups in total. The van der Waals surface area contributed by atoms with Crippen LogP contribution in [-0.2, 0) is 6.42 Å². The van der Waals surface area contributed by atoms with Gasteiger partial charge in [0.15, 0.2) is 0 Å². The van der Waals surface area contributed by atoms with Crippen molar-refractivity contribution in [2.45, 2.75) is 31.3 Å². The molecule has 1 saturated carbocycles. The van der Waals surface area contributed by atoms with Crippen molar-refractivity contribution in [1.29, 1.82) is 0 Å². The Labute approximate surface area is 96.5 Å². The maximum Gasteiger partial charge on any atom is 0.0686 e. The normalized spacial score (nSPS) is 32.1. The van der Waals surface area contributed by atoms with Crippen LogP contribution in [0.25, 0.3) is 0 Å². The fourth-order valence-corrected chi connectivity index (χ4v) is 3.40. The summed E-state index contributed by atoms with van der Waals surface area (Å²) in [5.74, 6) is 4.24. The van der Waals surface area contributed by atoms with Gasteiger partial charge >= 0.3 is 0 Å². The number of hydrogen-bond donors (Lipinski definition) is 1. The highest BCUT2D eigenvalue weighted by Crippen LogP contribution is 2.61. The lowest BCUT2D eigenvalue weighted by molar-refractivity contribution is 0.148. The second-order valence-corrected chi connectivity index (χ2v) is 4.98. The van der Waals surface area contributed by atoms with Crippen molar-refractivity contribution in [1.82, 2.24) is 0 Å². The first-order valence-electron chi connectivity index (χ1n) is 6.02. The van der Waals surface area contributed by atoms with Crippen LogP contribution in [0.15, 0.2) is 24.3 Å². The summed E-state index contributed by atoms with van der Waals surface area (Å²) in [6, 6.07) is 8.64. The fraction of sp³-hybridized carbons (Fsp3) is 0.467. The third-order valence-electron chi connectivity index (χ3n) is 4.16. The van der Waals surface area contributed by atoms with E-state index < -0.39 is 0 Å². The van der Waals surface area contributed by atoms with E-state index in [1.54, 1.807) is 0 Å². The molecule has 1 heteroatoms. The Morgan fingerprint density at radius 2 is 2.25 bits per heavy atom. The van der Waals surface area contributed by atoms with Gasteiger partial charge in [0.25, 0.3) is 0 Å². The zero-order valence-electron chi connectivity index (χ0n) is 9.26. The maximum absolute atomic E-state index is 10.0. The average Bonchev–Trinajstić information content (AvgIpc) is 3.04. The van der Waals surface area contributed by atoms with E-state index in [0.717, 1.165) is 6.42 Å². The summed E-state index contributed by atoms with van der Waals surface area (Å²) in [6.45, 7) is 0. The Morgan fingerprint density at radius 1 is 1.44 bits per heavy atom. The first-order valence-corrected chi connectivity index (χ1v) is 6.02. The summed E-state index contributed by atoms with van der Waals surface area (Å²) in [6.07, 6.45) is 7.85. The van der Waals surface area contributed by atoms with Gasteiger partial charge in [-0.15, -0.1) is 12.3 Å². The van der Waals surface area contributed by atoms with Crippen LogP contribution in [0, 0.1) is 24.2 Å². The van der Waals surface area contributed by atoms with E-state index in [1.807, 2.05) is 0 Å². The monoisotopic (exact) mass is 212 g/mol. The van der Waals surface area contributed by atoms with Crippen LogP contribution >= 0.6 is 0 Å². The largest absolute Gasteiger partial charge is 0.392 e. The third-order valence-corrected chi connectivity index (χ3v) is 4.16. The minimum atomic E-state index is -0.300. The van der Waals surface area contributed by atoms with Crippen LogP contribution < -0.4 is 0 Å². The number of aryl methyl sites for hydroxylation is 1. The summed E-state index contributed by atoms with van der Waals surface area (Å²) in [5.41, 5.74) is 2.93. The molecular formula is C15H16O. The molecule has 2 aliphatic carbocycles. The number of terminal acetylenes is 1. The molecular weight excluding hydrogens is 196 g/mol. The number of benzene rings is 1. The van der Waals surface area contributed by atoms with E-state index in [0.29, 0.717) is 24.2 Å². The number of rotatable bonds is 2. The number of aliphatic hydroxyl groups is 1. The highest BCUT2D eigenvalue weighted by molar-refractivity contribution is 5.39. The van der Waals surface area contributed by atoms with Gasteiger partial charge in [0.05, 0.1) is 6.10 Å². The van der Waals surface area contributed by atoms with Gasteiger partial charge in [-0.3, -0.25) is 0 Å². The molecule has 0 spiro atoms.